The predicted molar refractivity (Wildman–Crippen MR) is 54.7 cm³/mol. The van der Waals surface area contributed by atoms with Crippen LogP contribution in [0.4, 0.5) is 0 Å². The van der Waals surface area contributed by atoms with Crippen molar-refractivity contribution in [2.24, 2.45) is 0 Å². The van der Waals surface area contributed by atoms with E-state index in [1.54, 1.807) is 0 Å². The lowest BCUT2D eigenvalue weighted by molar-refractivity contribution is -0.132. The fourth-order valence-corrected chi connectivity index (χ4v) is 3.70. The van der Waals surface area contributed by atoms with E-state index >= 15 is 0 Å². The van der Waals surface area contributed by atoms with Gasteiger partial charge in [-0.3, -0.25) is 0 Å². The van der Waals surface area contributed by atoms with Crippen LogP contribution in [0.1, 0.15) is 13.3 Å². The molecule has 0 unspecified atom stereocenters. The first kappa shape index (κ1) is 9.99. The maximum Gasteiger partial charge on any atom is 0.331 e. The molecule has 1 fully saturated rings. The van der Waals surface area contributed by atoms with Crippen molar-refractivity contribution in [2.75, 3.05) is 11.5 Å². The van der Waals surface area contributed by atoms with Gasteiger partial charge in [-0.05, 0) is 6.42 Å². The Balaban J connectivity index is 2.56. The van der Waals surface area contributed by atoms with Gasteiger partial charge in [-0.25, -0.2) is 4.79 Å². The molecule has 12 heavy (non-hydrogen) atoms. The predicted octanol–water partition coefficient (Wildman–Crippen LogP) is 2.21. The van der Waals surface area contributed by atoms with Gasteiger partial charge in [0.2, 0.25) is 0 Å². The third-order valence-electron chi connectivity index (χ3n) is 1.64. The molecule has 0 aliphatic carbocycles. The maximum absolute atomic E-state index is 10.6. The van der Waals surface area contributed by atoms with E-state index < -0.39 is 5.97 Å². The van der Waals surface area contributed by atoms with Crippen LogP contribution in [0.25, 0.3) is 0 Å². The molecule has 0 bridgehead atoms. The van der Waals surface area contributed by atoms with Gasteiger partial charge in [-0.15, -0.1) is 23.5 Å². The smallest absolute Gasteiger partial charge is 0.331 e. The van der Waals surface area contributed by atoms with E-state index in [-0.39, 0.29) is 0 Å². The van der Waals surface area contributed by atoms with Gasteiger partial charge in [0.25, 0.3) is 0 Å². The number of carbonyl (C=O) groups is 1. The Labute approximate surface area is 80.8 Å². The molecule has 1 rings (SSSR count). The zero-order chi connectivity index (χ0) is 8.97. The van der Waals surface area contributed by atoms with Gasteiger partial charge < -0.3 is 5.11 Å². The summed E-state index contributed by atoms with van der Waals surface area (Å²) in [6, 6.07) is 0. The van der Waals surface area contributed by atoms with E-state index in [9.17, 15) is 4.79 Å². The molecule has 0 spiro atoms. The lowest BCUT2D eigenvalue weighted by atomic mass is 10.2. The molecule has 0 aromatic rings. The molecule has 1 aliphatic heterocycles. The minimum absolute atomic E-state index is 0.371. The van der Waals surface area contributed by atoms with Gasteiger partial charge >= 0.3 is 5.97 Å². The summed E-state index contributed by atoms with van der Waals surface area (Å²) in [6.45, 7) is 1.88. The Hall–Kier alpha value is -0.0900. The zero-order valence-corrected chi connectivity index (χ0v) is 8.58. The highest BCUT2D eigenvalue weighted by Crippen LogP contribution is 2.33. The van der Waals surface area contributed by atoms with E-state index in [0.29, 0.717) is 16.6 Å². The third kappa shape index (κ3) is 2.75. The summed E-state index contributed by atoms with van der Waals surface area (Å²) in [5, 5.41) is 8.75. The second-order valence-electron chi connectivity index (χ2n) is 2.46. The van der Waals surface area contributed by atoms with Crippen LogP contribution in [0.5, 0.6) is 0 Å². The van der Waals surface area contributed by atoms with E-state index in [1.165, 1.54) is 0 Å². The molecule has 1 N–H and O–H groups in total. The second-order valence-corrected chi connectivity index (χ2v) is 5.26. The molecule has 1 saturated heterocycles. The van der Waals surface area contributed by atoms with Crippen molar-refractivity contribution in [2.45, 2.75) is 17.9 Å². The van der Waals surface area contributed by atoms with Crippen LogP contribution in [-0.2, 0) is 4.79 Å². The van der Waals surface area contributed by atoms with Crippen LogP contribution in [0.15, 0.2) is 11.6 Å². The highest BCUT2D eigenvalue weighted by atomic mass is 32.2. The SMILES string of the molecule is CCC(=CC1SCCS1)C(=O)O. The molecule has 0 aromatic carbocycles. The van der Waals surface area contributed by atoms with Crippen molar-refractivity contribution < 1.29 is 9.90 Å². The molecule has 2 nitrogen and oxygen atoms in total. The van der Waals surface area contributed by atoms with Crippen LogP contribution in [0.3, 0.4) is 0 Å². The topological polar surface area (TPSA) is 37.3 Å². The van der Waals surface area contributed by atoms with Crippen molar-refractivity contribution in [3.05, 3.63) is 11.6 Å². The average molecular weight is 204 g/mol. The lowest BCUT2D eigenvalue weighted by Gasteiger charge is -2.02. The average Bonchev–Trinajstić information content (AvgIpc) is 2.51. The summed E-state index contributed by atoms with van der Waals surface area (Å²) < 4.78 is 0.371. The molecule has 4 heteroatoms. The van der Waals surface area contributed by atoms with Gasteiger partial charge in [0.05, 0.1) is 4.58 Å². The number of aliphatic carboxylic acids is 1. The Bertz CT molecular complexity index is 195. The number of hydrogen-bond acceptors (Lipinski definition) is 3. The van der Waals surface area contributed by atoms with E-state index in [0.717, 1.165) is 11.5 Å². The minimum Gasteiger partial charge on any atom is -0.478 e. The number of rotatable bonds is 3. The number of carboxylic acids is 1. The van der Waals surface area contributed by atoms with Gasteiger partial charge in [0.15, 0.2) is 0 Å². The Kier molecular flexibility index (Phi) is 4.01. The number of hydrogen-bond donors (Lipinski definition) is 1. The Morgan fingerprint density at radius 1 is 1.58 bits per heavy atom. The van der Waals surface area contributed by atoms with Crippen molar-refractivity contribution in [1.82, 2.24) is 0 Å². The standard InChI is InChI=1S/C8H12O2S2/c1-2-6(8(9)10)5-7-11-3-4-12-7/h5,7H,2-4H2,1H3,(H,9,10). The summed E-state index contributed by atoms with van der Waals surface area (Å²) in [6.07, 6.45) is 2.50. The molecule has 68 valence electrons. The van der Waals surface area contributed by atoms with Crippen LogP contribution < -0.4 is 0 Å². The summed E-state index contributed by atoms with van der Waals surface area (Å²) in [7, 11) is 0. The highest BCUT2D eigenvalue weighted by Gasteiger charge is 2.15. The largest absolute Gasteiger partial charge is 0.478 e. The quantitative estimate of drug-likeness (QED) is 0.715. The zero-order valence-electron chi connectivity index (χ0n) is 6.95. The first-order valence-corrected chi connectivity index (χ1v) is 6.01. The highest BCUT2D eigenvalue weighted by molar-refractivity contribution is 8.20. The molecule has 0 amide bonds. The Morgan fingerprint density at radius 2 is 2.17 bits per heavy atom. The van der Waals surface area contributed by atoms with E-state index in [4.69, 9.17) is 5.11 Å². The minimum atomic E-state index is -0.773. The summed E-state index contributed by atoms with van der Waals surface area (Å²) in [5.41, 5.74) is 0.543. The fraction of sp³-hybridized carbons (Fsp3) is 0.625. The lowest BCUT2D eigenvalue weighted by Crippen LogP contribution is -2.01. The van der Waals surface area contributed by atoms with Crippen molar-refractivity contribution in [3.63, 3.8) is 0 Å². The van der Waals surface area contributed by atoms with Gasteiger partial charge in [0.1, 0.15) is 0 Å². The summed E-state index contributed by atoms with van der Waals surface area (Å²) in [4.78, 5) is 10.6. The molecule has 0 saturated carbocycles. The van der Waals surface area contributed by atoms with Crippen molar-refractivity contribution in [3.8, 4) is 0 Å². The van der Waals surface area contributed by atoms with Crippen LogP contribution >= 0.6 is 23.5 Å². The maximum atomic E-state index is 10.6. The summed E-state index contributed by atoms with van der Waals surface area (Å²) in [5.74, 6) is 1.51. The molecular formula is C8H12O2S2. The molecular weight excluding hydrogens is 192 g/mol. The molecule has 0 aromatic heterocycles. The summed E-state index contributed by atoms with van der Waals surface area (Å²) >= 11 is 3.65. The molecule has 1 heterocycles. The first-order valence-electron chi connectivity index (χ1n) is 3.91. The molecule has 0 radical (unpaired) electrons. The van der Waals surface area contributed by atoms with Crippen LogP contribution in [0, 0.1) is 0 Å². The fourth-order valence-electron chi connectivity index (χ4n) is 0.978. The Morgan fingerprint density at radius 3 is 2.58 bits per heavy atom. The van der Waals surface area contributed by atoms with Gasteiger partial charge in [-0.1, -0.05) is 13.0 Å². The van der Waals surface area contributed by atoms with Crippen LogP contribution in [0.2, 0.25) is 0 Å². The van der Waals surface area contributed by atoms with E-state index in [1.807, 2.05) is 36.5 Å². The second kappa shape index (κ2) is 4.82. The monoisotopic (exact) mass is 204 g/mol. The third-order valence-corrected chi connectivity index (χ3v) is 4.52. The van der Waals surface area contributed by atoms with Crippen LogP contribution in [-0.4, -0.2) is 27.2 Å². The van der Waals surface area contributed by atoms with E-state index in [2.05, 4.69) is 0 Å². The van der Waals surface area contributed by atoms with Crippen molar-refractivity contribution in [1.29, 1.82) is 0 Å². The van der Waals surface area contributed by atoms with Gasteiger partial charge in [0, 0.05) is 17.1 Å². The first-order chi connectivity index (χ1) is 5.74. The molecule has 1 aliphatic rings. The number of carboxylic acid groups (broad SMARTS) is 1. The normalized spacial score (nSPS) is 19.9. The number of thioether (sulfide) groups is 2. The van der Waals surface area contributed by atoms with Crippen molar-refractivity contribution >= 4 is 29.5 Å². The molecule has 0 atom stereocenters. The van der Waals surface area contributed by atoms with Gasteiger partial charge in [-0.2, -0.15) is 0 Å².